The highest BCUT2D eigenvalue weighted by Crippen LogP contribution is 2.28. The van der Waals surface area contributed by atoms with Gasteiger partial charge in [0.05, 0.1) is 23.4 Å². The Labute approximate surface area is 146 Å². The van der Waals surface area contributed by atoms with Crippen molar-refractivity contribution in [2.45, 2.75) is 12.6 Å². The fraction of sp³-hybridized carbons (Fsp3) is 0.118. The number of benzene rings is 1. The smallest absolute Gasteiger partial charge is 0.253 e. The molecule has 1 amide bonds. The van der Waals surface area contributed by atoms with E-state index in [-0.39, 0.29) is 23.0 Å². The first-order valence-electron chi connectivity index (χ1n) is 7.08. The molecule has 0 aliphatic rings. The van der Waals surface area contributed by atoms with Crippen LogP contribution in [0.1, 0.15) is 32.0 Å². The van der Waals surface area contributed by atoms with Crippen LogP contribution in [0.25, 0.3) is 0 Å². The summed E-state index contributed by atoms with van der Waals surface area (Å²) in [7, 11) is 0. The van der Waals surface area contributed by atoms with Crippen LogP contribution in [-0.2, 0) is 6.54 Å². The van der Waals surface area contributed by atoms with E-state index in [1.807, 2.05) is 6.07 Å². The van der Waals surface area contributed by atoms with Gasteiger partial charge < -0.3 is 14.8 Å². The van der Waals surface area contributed by atoms with Crippen LogP contribution in [0.3, 0.4) is 0 Å². The highest BCUT2D eigenvalue weighted by atomic mass is 35.5. The molecule has 2 heterocycles. The summed E-state index contributed by atoms with van der Waals surface area (Å²) in [5.74, 6) is -0.418. The second kappa shape index (κ2) is 7.17. The van der Waals surface area contributed by atoms with E-state index in [1.165, 1.54) is 29.7 Å². The Morgan fingerprint density at radius 1 is 1.33 bits per heavy atom. The van der Waals surface area contributed by atoms with Gasteiger partial charge in [0.25, 0.3) is 5.91 Å². The molecule has 7 heteroatoms. The highest BCUT2D eigenvalue weighted by molar-refractivity contribution is 7.12. The van der Waals surface area contributed by atoms with E-state index < -0.39 is 11.9 Å². The molecule has 3 rings (SSSR count). The van der Waals surface area contributed by atoms with Gasteiger partial charge in [0.1, 0.15) is 17.7 Å². The molecule has 0 spiro atoms. The number of nitrogens with one attached hydrogen (secondary N) is 1. The number of amides is 1. The van der Waals surface area contributed by atoms with Gasteiger partial charge in [-0.25, -0.2) is 4.39 Å². The third-order valence-electron chi connectivity index (χ3n) is 3.36. The maximum atomic E-state index is 13.0. The van der Waals surface area contributed by atoms with Crippen molar-refractivity contribution in [3.05, 3.63) is 80.6 Å². The normalized spacial score (nSPS) is 12.1. The average Bonchev–Trinajstić information content (AvgIpc) is 3.24. The lowest BCUT2D eigenvalue weighted by Crippen LogP contribution is -2.22. The molecule has 0 saturated heterocycles. The SMILES string of the molecule is O=C(NCc1ccc(C(O)c2ccco2)s1)c1ccc(F)cc1Cl. The van der Waals surface area contributed by atoms with Gasteiger partial charge in [-0.1, -0.05) is 11.6 Å². The van der Waals surface area contributed by atoms with Crippen LogP contribution >= 0.6 is 22.9 Å². The number of aliphatic hydroxyl groups is 1. The van der Waals surface area contributed by atoms with Gasteiger partial charge in [-0.15, -0.1) is 11.3 Å². The fourth-order valence-corrected chi connectivity index (χ4v) is 3.36. The van der Waals surface area contributed by atoms with Crippen LogP contribution < -0.4 is 5.32 Å². The first-order valence-corrected chi connectivity index (χ1v) is 8.27. The van der Waals surface area contributed by atoms with Gasteiger partial charge in [-0.05, 0) is 42.5 Å². The van der Waals surface area contributed by atoms with Gasteiger partial charge in [0.15, 0.2) is 0 Å². The molecule has 2 aromatic heterocycles. The number of thiophene rings is 1. The minimum Gasteiger partial charge on any atom is -0.466 e. The van der Waals surface area contributed by atoms with E-state index in [0.717, 1.165) is 10.9 Å². The summed E-state index contributed by atoms with van der Waals surface area (Å²) in [5, 5.41) is 13.0. The molecule has 0 bridgehead atoms. The van der Waals surface area contributed by atoms with Crippen molar-refractivity contribution in [1.29, 1.82) is 0 Å². The summed E-state index contributed by atoms with van der Waals surface area (Å²) in [6.07, 6.45) is 0.667. The van der Waals surface area contributed by atoms with Crippen molar-refractivity contribution in [3.63, 3.8) is 0 Å². The third-order valence-corrected chi connectivity index (χ3v) is 4.81. The number of hydrogen-bond donors (Lipinski definition) is 2. The summed E-state index contributed by atoms with van der Waals surface area (Å²) in [4.78, 5) is 13.7. The van der Waals surface area contributed by atoms with Crippen molar-refractivity contribution < 1.29 is 18.7 Å². The van der Waals surface area contributed by atoms with Gasteiger partial charge >= 0.3 is 0 Å². The highest BCUT2D eigenvalue weighted by Gasteiger charge is 2.16. The Balaban J connectivity index is 1.64. The monoisotopic (exact) mass is 365 g/mol. The van der Waals surface area contributed by atoms with Crippen molar-refractivity contribution in [1.82, 2.24) is 5.32 Å². The van der Waals surface area contributed by atoms with E-state index in [9.17, 15) is 14.3 Å². The van der Waals surface area contributed by atoms with Crippen molar-refractivity contribution in [2.24, 2.45) is 0 Å². The Hall–Kier alpha value is -2.15. The molecular weight excluding hydrogens is 353 g/mol. The molecule has 2 N–H and O–H groups in total. The van der Waals surface area contributed by atoms with Gasteiger partial charge in [-0.3, -0.25) is 4.79 Å². The number of hydrogen-bond acceptors (Lipinski definition) is 4. The molecule has 24 heavy (non-hydrogen) atoms. The molecule has 0 radical (unpaired) electrons. The van der Waals surface area contributed by atoms with E-state index >= 15 is 0 Å². The average molecular weight is 366 g/mol. The molecule has 3 aromatic rings. The second-order valence-electron chi connectivity index (χ2n) is 5.03. The topological polar surface area (TPSA) is 62.5 Å². The van der Waals surface area contributed by atoms with Crippen molar-refractivity contribution in [3.8, 4) is 0 Å². The van der Waals surface area contributed by atoms with E-state index in [4.69, 9.17) is 16.0 Å². The van der Waals surface area contributed by atoms with Gasteiger partial charge in [-0.2, -0.15) is 0 Å². The molecular formula is C17H13ClFNO3S. The maximum Gasteiger partial charge on any atom is 0.253 e. The number of furan rings is 1. The van der Waals surface area contributed by atoms with Gasteiger partial charge in [0.2, 0.25) is 0 Å². The number of carbonyl (C=O) groups is 1. The van der Waals surface area contributed by atoms with Crippen molar-refractivity contribution >= 4 is 28.8 Å². The largest absolute Gasteiger partial charge is 0.466 e. The predicted molar refractivity (Wildman–Crippen MR) is 89.7 cm³/mol. The lowest BCUT2D eigenvalue weighted by molar-refractivity contribution is 0.0951. The van der Waals surface area contributed by atoms with Crippen LogP contribution in [0, 0.1) is 5.82 Å². The molecule has 0 saturated carbocycles. The zero-order chi connectivity index (χ0) is 17.1. The summed E-state index contributed by atoms with van der Waals surface area (Å²) in [6, 6.07) is 10.6. The predicted octanol–water partition coefficient (Wildman–Crippen LogP) is 4.15. The minimum absolute atomic E-state index is 0.0626. The fourth-order valence-electron chi connectivity index (χ4n) is 2.16. The van der Waals surface area contributed by atoms with Crippen molar-refractivity contribution in [2.75, 3.05) is 0 Å². The lowest BCUT2D eigenvalue weighted by Gasteiger charge is -2.06. The summed E-state index contributed by atoms with van der Waals surface area (Å²) < 4.78 is 18.2. The quantitative estimate of drug-likeness (QED) is 0.714. The Morgan fingerprint density at radius 3 is 2.88 bits per heavy atom. The molecule has 1 unspecified atom stereocenters. The van der Waals surface area contributed by atoms with Crippen LogP contribution in [0.5, 0.6) is 0 Å². The first-order chi connectivity index (χ1) is 11.5. The van der Waals surface area contributed by atoms with Crippen LogP contribution in [0.15, 0.2) is 53.1 Å². The summed E-state index contributed by atoms with van der Waals surface area (Å²) in [5.41, 5.74) is 0.213. The third kappa shape index (κ3) is 3.67. The first kappa shape index (κ1) is 16.7. The number of rotatable bonds is 5. The Morgan fingerprint density at radius 2 is 2.17 bits per heavy atom. The molecule has 0 fully saturated rings. The van der Waals surface area contributed by atoms with Crippen LogP contribution in [0.2, 0.25) is 5.02 Å². The van der Waals surface area contributed by atoms with Crippen LogP contribution in [0.4, 0.5) is 4.39 Å². The van der Waals surface area contributed by atoms with Gasteiger partial charge in [0, 0.05) is 9.75 Å². The Kier molecular flexibility index (Phi) is 4.99. The number of halogens is 2. The number of carbonyl (C=O) groups excluding carboxylic acids is 1. The van der Waals surface area contributed by atoms with E-state index in [0.29, 0.717) is 10.6 Å². The molecule has 0 aliphatic carbocycles. The van der Waals surface area contributed by atoms with E-state index in [2.05, 4.69) is 5.32 Å². The molecule has 4 nitrogen and oxygen atoms in total. The van der Waals surface area contributed by atoms with Crippen LogP contribution in [-0.4, -0.2) is 11.0 Å². The summed E-state index contributed by atoms with van der Waals surface area (Å²) >= 11 is 7.23. The second-order valence-corrected chi connectivity index (χ2v) is 6.64. The van der Waals surface area contributed by atoms with E-state index in [1.54, 1.807) is 18.2 Å². The number of aliphatic hydroxyl groups excluding tert-OH is 1. The summed E-state index contributed by atoms with van der Waals surface area (Å²) in [6.45, 7) is 0.280. The maximum absolute atomic E-state index is 13.0. The zero-order valence-corrected chi connectivity index (χ0v) is 13.9. The molecule has 124 valence electrons. The minimum atomic E-state index is -0.832. The Bertz CT molecular complexity index is 847. The molecule has 1 aromatic carbocycles. The molecule has 1 atom stereocenters. The standard InChI is InChI=1S/C17H13ClFNO3S/c18-13-8-10(19)3-5-12(13)17(22)20-9-11-4-6-15(24-11)16(21)14-2-1-7-23-14/h1-8,16,21H,9H2,(H,20,22). The zero-order valence-electron chi connectivity index (χ0n) is 12.3. The lowest BCUT2D eigenvalue weighted by atomic mass is 10.2. The molecule has 0 aliphatic heterocycles.